The highest BCUT2D eigenvalue weighted by atomic mass is 16.6. The van der Waals surface area contributed by atoms with Crippen LogP contribution in [0.1, 0.15) is 48.7 Å². The van der Waals surface area contributed by atoms with Gasteiger partial charge in [0.15, 0.2) is 0 Å². The average molecular weight is 548 g/mol. The van der Waals surface area contributed by atoms with Crippen molar-refractivity contribution in [2.75, 3.05) is 19.0 Å². The smallest absolute Gasteiger partial charge is 0.408 e. The molecule has 0 radical (unpaired) electrons. The van der Waals surface area contributed by atoms with Crippen molar-refractivity contribution in [3.63, 3.8) is 0 Å². The molecular formula is C31H37N3O6. The van der Waals surface area contributed by atoms with Gasteiger partial charge in [-0.25, -0.2) is 9.59 Å². The maximum Gasteiger partial charge on any atom is 0.408 e. The van der Waals surface area contributed by atoms with Crippen molar-refractivity contribution in [2.24, 2.45) is 0 Å². The van der Waals surface area contributed by atoms with Crippen molar-refractivity contribution in [3.8, 4) is 5.75 Å². The van der Waals surface area contributed by atoms with E-state index in [0.29, 0.717) is 36.6 Å². The highest BCUT2D eigenvalue weighted by molar-refractivity contribution is 6.04. The van der Waals surface area contributed by atoms with E-state index in [1.807, 2.05) is 54.6 Å². The number of methoxy groups -OCH3 is 1. The number of aliphatic carboxylic acids is 1. The van der Waals surface area contributed by atoms with Crippen LogP contribution >= 0.6 is 0 Å². The summed E-state index contributed by atoms with van der Waals surface area (Å²) in [5.74, 6) is -0.826. The molecule has 0 saturated heterocycles. The third kappa shape index (κ3) is 9.74. The molecule has 212 valence electrons. The summed E-state index contributed by atoms with van der Waals surface area (Å²) in [4.78, 5) is 39.3. The number of hydrogen-bond donors (Lipinski definition) is 3. The predicted octanol–water partition coefficient (Wildman–Crippen LogP) is 5.32. The number of carbonyl (C=O) groups excluding carboxylic acids is 2. The molecule has 0 aliphatic carbocycles. The van der Waals surface area contributed by atoms with Crippen LogP contribution in [0.25, 0.3) is 0 Å². The fourth-order valence-electron chi connectivity index (χ4n) is 4.05. The molecule has 0 aliphatic rings. The summed E-state index contributed by atoms with van der Waals surface area (Å²) in [5, 5.41) is 15.2. The maximum absolute atomic E-state index is 13.0. The molecule has 0 aromatic heterocycles. The van der Waals surface area contributed by atoms with E-state index in [4.69, 9.17) is 9.47 Å². The lowest BCUT2D eigenvalue weighted by molar-refractivity contribution is -0.139. The SMILES string of the molecule is COc1cccc(C(=O)Nc2ccccc2CN(CC[C@H](NC(=O)OC(C)(C)C)C(=O)O)Cc2ccccc2)c1. The molecule has 2 amide bonds. The second kappa shape index (κ2) is 14.1. The first kappa shape index (κ1) is 30.2. The number of carboxylic acid groups (broad SMARTS) is 1. The van der Waals surface area contributed by atoms with Gasteiger partial charge >= 0.3 is 12.1 Å². The standard InChI is InChI=1S/C31H37N3O6/c1-31(2,3)40-30(38)33-27(29(36)37)17-18-34(20-22-11-6-5-7-12-22)21-24-13-8-9-16-26(24)32-28(35)23-14-10-15-25(19-23)39-4/h5-16,19,27H,17-18,20-21H2,1-4H3,(H,32,35)(H,33,38)(H,36,37)/t27-/m0/s1. The Morgan fingerprint density at radius 3 is 2.30 bits per heavy atom. The lowest BCUT2D eigenvalue weighted by Gasteiger charge is -2.26. The third-order valence-electron chi connectivity index (χ3n) is 5.96. The van der Waals surface area contributed by atoms with Crippen molar-refractivity contribution in [2.45, 2.75) is 51.9 Å². The fraction of sp³-hybridized carbons (Fsp3) is 0.323. The first-order valence-corrected chi connectivity index (χ1v) is 13.1. The number of nitrogens with one attached hydrogen (secondary N) is 2. The zero-order valence-corrected chi connectivity index (χ0v) is 23.3. The van der Waals surface area contributed by atoms with Gasteiger partial charge in [0, 0.05) is 30.9 Å². The van der Waals surface area contributed by atoms with Gasteiger partial charge in [-0.2, -0.15) is 0 Å². The number of benzene rings is 3. The van der Waals surface area contributed by atoms with Gasteiger partial charge in [-0.3, -0.25) is 9.69 Å². The van der Waals surface area contributed by atoms with Crippen LogP contribution in [0, 0.1) is 0 Å². The van der Waals surface area contributed by atoms with Crippen molar-refractivity contribution >= 4 is 23.7 Å². The van der Waals surface area contributed by atoms with E-state index in [0.717, 1.165) is 11.1 Å². The molecule has 1 atom stereocenters. The molecule has 9 nitrogen and oxygen atoms in total. The molecule has 40 heavy (non-hydrogen) atoms. The average Bonchev–Trinajstić information content (AvgIpc) is 2.91. The van der Waals surface area contributed by atoms with Crippen molar-refractivity contribution in [3.05, 3.63) is 95.6 Å². The molecular weight excluding hydrogens is 510 g/mol. The normalized spacial score (nSPS) is 11.9. The second-order valence-electron chi connectivity index (χ2n) is 10.4. The Balaban J connectivity index is 1.77. The summed E-state index contributed by atoms with van der Waals surface area (Å²) >= 11 is 0. The zero-order chi connectivity index (χ0) is 29.1. The molecule has 3 aromatic carbocycles. The second-order valence-corrected chi connectivity index (χ2v) is 10.4. The zero-order valence-electron chi connectivity index (χ0n) is 23.3. The Hall–Kier alpha value is -4.37. The molecule has 3 N–H and O–H groups in total. The Labute approximate surface area is 235 Å². The van der Waals surface area contributed by atoms with Gasteiger partial charge < -0.3 is 25.2 Å². The number of hydrogen-bond acceptors (Lipinski definition) is 6. The number of amides is 2. The Bertz CT molecular complexity index is 1290. The van der Waals surface area contributed by atoms with Crippen LogP contribution in [0.15, 0.2) is 78.9 Å². The number of carbonyl (C=O) groups is 3. The number of nitrogens with zero attached hydrogens (tertiary/aromatic N) is 1. The van der Waals surface area contributed by atoms with E-state index in [-0.39, 0.29) is 12.3 Å². The minimum absolute atomic E-state index is 0.153. The molecule has 0 aliphatic heterocycles. The molecule has 0 saturated carbocycles. The van der Waals surface area contributed by atoms with E-state index in [1.165, 1.54) is 0 Å². The number of rotatable bonds is 12. The molecule has 3 aromatic rings. The monoisotopic (exact) mass is 547 g/mol. The van der Waals surface area contributed by atoms with Gasteiger partial charge in [-0.15, -0.1) is 0 Å². The first-order chi connectivity index (χ1) is 19.0. The number of carboxylic acids is 1. The van der Waals surface area contributed by atoms with Crippen molar-refractivity contribution in [1.82, 2.24) is 10.2 Å². The van der Waals surface area contributed by atoms with Gasteiger partial charge in [-0.05, 0) is 62.6 Å². The summed E-state index contributed by atoms with van der Waals surface area (Å²) in [6.07, 6.45) is -0.625. The predicted molar refractivity (Wildman–Crippen MR) is 153 cm³/mol. The van der Waals surface area contributed by atoms with Gasteiger partial charge in [0.25, 0.3) is 5.91 Å². The van der Waals surface area contributed by atoms with Crippen LogP contribution < -0.4 is 15.4 Å². The molecule has 3 rings (SSSR count). The summed E-state index contributed by atoms with van der Waals surface area (Å²) in [7, 11) is 1.55. The van der Waals surface area contributed by atoms with E-state index < -0.39 is 23.7 Å². The highest BCUT2D eigenvalue weighted by Gasteiger charge is 2.25. The largest absolute Gasteiger partial charge is 0.497 e. The lowest BCUT2D eigenvalue weighted by atomic mass is 10.1. The minimum atomic E-state index is -1.14. The van der Waals surface area contributed by atoms with Crippen LogP contribution in [0.2, 0.25) is 0 Å². The van der Waals surface area contributed by atoms with Crippen LogP contribution in [0.3, 0.4) is 0 Å². The van der Waals surface area contributed by atoms with Gasteiger partial charge in [0.1, 0.15) is 17.4 Å². The fourth-order valence-corrected chi connectivity index (χ4v) is 4.05. The third-order valence-corrected chi connectivity index (χ3v) is 5.96. The summed E-state index contributed by atoms with van der Waals surface area (Å²) in [5.41, 5.74) is 2.28. The molecule has 9 heteroatoms. The molecule has 0 bridgehead atoms. The molecule has 0 unspecified atom stereocenters. The molecule has 0 heterocycles. The molecule has 0 fully saturated rings. The van der Waals surface area contributed by atoms with E-state index in [2.05, 4.69) is 15.5 Å². The van der Waals surface area contributed by atoms with Crippen LogP contribution in [0.4, 0.5) is 10.5 Å². The van der Waals surface area contributed by atoms with Crippen LogP contribution in [-0.2, 0) is 22.6 Å². The maximum atomic E-state index is 13.0. The van der Waals surface area contributed by atoms with Crippen LogP contribution in [-0.4, -0.2) is 53.3 Å². The topological polar surface area (TPSA) is 117 Å². The van der Waals surface area contributed by atoms with E-state index in [1.54, 1.807) is 52.1 Å². The minimum Gasteiger partial charge on any atom is -0.497 e. The van der Waals surface area contributed by atoms with Gasteiger partial charge in [0.05, 0.1) is 7.11 Å². The van der Waals surface area contributed by atoms with Crippen molar-refractivity contribution in [1.29, 1.82) is 0 Å². The number of anilines is 1. The van der Waals surface area contributed by atoms with Crippen molar-refractivity contribution < 1.29 is 29.0 Å². The summed E-state index contributed by atoms with van der Waals surface area (Å²) < 4.78 is 10.5. The van der Waals surface area contributed by atoms with Crippen LogP contribution in [0.5, 0.6) is 5.75 Å². The summed E-state index contributed by atoms with van der Waals surface area (Å²) in [6.45, 7) is 6.48. The van der Waals surface area contributed by atoms with Gasteiger partial charge in [-0.1, -0.05) is 54.6 Å². The summed E-state index contributed by atoms with van der Waals surface area (Å²) in [6, 6.07) is 23.1. The highest BCUT2D eigenvalue weighted by Crippen LogP contribution is 2.21. The lowest BCUT2D eigenvalue weighted by Crippen LogP contribution is -2.45. The Kier molecular flexibility index (Phi) is 10.7. The quantitative estimate of drug-likeness (QED) is 0.281. The molecule has 0 spiro atoms. The first-order valence-electron chi connectivity index (χ1n) is 13.1. The Morgan fingerprint density at radius 2 is 1.62 bits per heavy atom. The number of alkyl carbamates (subject to hydrolysis) is 1. The Morgan fingerprint density at radius 1 is 0.925 bits per heavy atom. The number of para-hydroxylation sites is 1. The van der Waals surface area contributed by atoms with E-state index in [9.17, 15) is 19.5 Å². The van der Waals surface area contributed by atoms with E-state index >= 15 is 0 Å². The number of ether oxygens (including phenoxy) is 2. The van der Waals surface area contributed by atoms with Gasteiger partial charge in [0.2, 0.25) is 0 Å².